The Labute approximate surface area is 276 Å². The molecule has 0 bridgehead atoms. The molecule has 0 aromatic heterocycles. The van der Waals surface area contributed by atoms with Crippen molar-refractivity contribution in [1.82, 2.24) is 0 Å². The Morgan fingerprint density at radius 2 is 0.896 bits per heavy atom. The molecule has 8 heteroatoms. The molecule has 0 radical (unpaired) electrons. The molecule has 0 aliphatic heterocycles. The highest BCUT2D eigenvalue weighted by molar-refractivity contribution is 5.64. The van der Waals surface area contributed by atoms with Gasteiger partial charge in [0.25, 0.3) is 0 Å². The van der Waals surface area contributed by atoms with Crippen LogP contribution in [-0.4, -0.2) is 10.2 Å². The van der Waals surface area contributed by atoms with Gasteiger partial charge >= 0.3 is 0 Å². The van der Waals surface area contributed by atoms with Crippen molar-refractivity contribution < 1.29 is 10.2 Å². The van der Waals surface area contributed by atoms with E-state index in [1.165, 1.54) is 87.5 Å². The Balaban J connectivity index is 1.39. The maximum atomic E-state index is 14.4. The monoisotopic (exact) mass is 640 g/mol. The van der Waals surface area contributed by atoms with Crippen molar-refractivity contribution in [2.75, 3.05) is 10.6 Å². The van der Waals surface area contributed by atoms with Crippen molar-refractivity contribution in [3.05, 3.63) is 134 Å². The summed E-state index contributed by atoms with van der Waals surface area (Å²) >= 11 is 0. The lowest BCUT2D eigenvalue weighted by Gasteiger charge is -2.22. The number of nitrogens with one attached hydrogen (secondary N) is 4. The van der Waals surface area contributed by atoms with E-state index in [1.807, 2.05) is 24.3 Å². The van der Waals surface area contributed by atoms with Crippen molar-refractivity contribution >= 4 is 35.3 Å². The number of aliphatic hydroxyl groups is 2. The third kappa shape index (κ3) is 5.65. The van der Waals surface area contributed by atoms with E-state index in [0.717, 1.165) is 12.5 Å². The highest BCUT2D eigenvalue weighted by Gasteiger charge is 2.19. The van der Waals surface area contributed by atoms with Gasteiger partial charge in [-0.05, 0) is 85.0 Å². The van der Waals surface area contributed by atoms with Gasteiger partial charge in [-0.25, -0.2) is 0 Å². The quantitative estimate of drug-likeness (QED) is 0.137. The van der Waals surface area contributed by atoms with Crippen LogP contribution in [0.2, 0.25) is 0 Å². The molecule has 5 aliphatic carbocycles. The second-order valence-electron chi connectivity index (χ2n) is 13.4. The minimum atomic E-state index is -0.608. The van der Waals surface area contributed by atoms with Crippen LogP contribution in [0.25, 0.3) is 12.5 Å². The van der Waals surface area contributed by atoms with Crippen LogP contribution in [0.15, 0.2) is 70.3 Å². The lowest BCUT2D eigenvalue weighted by Crippen LogP contribution is -2.38. The van der Waals surface area contributed by atoms with Gasteiger partial charge in [0.1, 0.15) is 0 Å². The van der Waals surface area contributed by atoms with E-state index in [-0.39, 0.29) is 53.4 Å². The van der Waals surface area contributed by atoms with E-state index in [1.54, 1.807) is 0 Å². The molecular formula is C40H40N4O4. The first kappa shape index (κ1) is 31.4. The molecule has 48 heavy (non-hydrogen) atoms. The van der Waals surface area contributed by atoms with Gasteiger partial charge in [0.15, 0.2) is 10.9 Å². The Morgan fingerprint density at radius 1 is 0.542 bits per heavy atom. The molecule has 2 fully saturated rings. The van der Waals surface area contributed by atoms with Crippen molar-refractivity contribution in [3.8, 4) is 0 Å². The van der Waals surface area contributed by atoms with Crippen molar-refractivity contribution in [2.24, 2.45) is 0 Å². The average Bonchev–Trinajstić information content (AvgIpc) is 3.13. The maximum absolute atomic E-state index is 14.4. The number of anilines is 4. The average molecular weight is 641 g/mol. The fraction of sp³-hybridized carbons (Fsp3) is 0.300. The Morgan fingerprint density at radius 3 is 1.23 bits per heavy atom. The van der Waals surface area contributed by atoms with Crippen LogP contribution in [0, 0.1) is 31.7 Å². The van der Waals surface area contributed by atoms with Crippen LogP contribution in [0.1, 0.15) is 87.2 Å². The predicted molar refractivity (Wildman–Crippen MR) is 188 cm³/mol. The summed E-state index contributed by atoms with van der Waals surface area (Å²) in [6.45, 7) is 0. The van der Waals surface area contributed by atoms with Gasteiger partial charge in [0.05, 0.1) is 55.5 Å². The normalized spacial score (nSPS) is 16.9. The van der Waals surface area contributed by atoms with Gasteiger partial charge in [-0.2, -0.15) is 0 Å². The Kier molecular flexibility index (Phi) is 8.56. The van der Waals surface area contributed by atoms with E-state index in [9.17, 15) is 19.8 Å². The molecule has 0 saturated heterocycles. The topological polar surface area (TPSA) is 146 Å². The molecule has 2 aromatic rings. The summed E-state index contributed by atoms with van der Waals surface area (Å²) in [5.41, 5.74) is 3.19. The predicted octanol–water partition coefficient (Wildman–Crippen LogP) is 5.87. The smallest absolute Gasteiger partial charge is 0.198 e. The molecule has 6 N–H and O–H groups in total. The van der Waals surface area contributed by atoms with Crippen LogP contribution in [0.5, 0.6) is 0 Å². The molecular weight excluding hydrogens is 600 g/mol. The van der Waals surface area contributed by atoms with Gasteiger partial charge < -0.3 is 20.8 Å². The number of benzene rings is 2. The van der Waals surface area contributed by atoms with Gasteiger partial charge in [0, 0.05) is 21.8 Å². The molecule has 7 rings (SSSR count). The molecule has 2 aromatic carbocycles. The van der Waals surface area contributed by atoms with Gasteiger partial charge in [-0.3, -0.25) is 20.4 Å². The third-order valence-electron chi connectivity index (χ3n) is 10.4. The summed E-state index contributed by atoms with van der Waals surface area (Å²) in [6.07, 6.45) is 13.7. The van der Waals surface area contributed by atoms with Crippen molar-refractivity contribution in [1.29, 1.82) is 10.8 Å². The second-order valence-corrected chi connectivity index (χ2v) is 13.4. The summed E-state index contributed by atoms with van der Waals surface area (Å²) in [7, 11) is 0. The molecule has 244 valence electrons. The van der Waals surface area contributed by atoms with Crippen molar-refractivity contribution in [2.45, 2.75) is 76.0 Å². The lowest BCUT2D eigenvalue weighted by molar-refractivity contribution is 0.443. The first-order valence-electron chi connectivity index (χ1n) is 17.0. The van der Waals surface area contributed by atoms with Crippen LogP contribution in [0.3, 0.4) is 0 Å². The minimum absolute atomic E-state index is 0.0363. The third-order valence-corrected chi connectivity index (χ3v) is 10.4. The fourth-order valence-electron chi connectivity index (χ4n) is 7.84. The van der Waals surface area contributed by atoms with E-state index in [2.05, 4.69) is 34.9 Å². The number of hydrogen-bond acceptors (Lipinski definition) is 8. The van der Waals surface area contributed by atoms with Gasteiger partial charge in [-0.15, -0.1) is 0 Å². The molecule has 0 atom stereocenters. The van der Waals surface area contributed by atoms with E-state index in [4.69, 9.17) is 10.8 Å². The number of aliphatic hydroxyl groups excluding tert-OH is 2. The molecule has 0 spiro atoms. The SMILES string of the molecule is N=c1c(=CO)cc(Nc2ccc(C3CCCCC3)cc2)c2c(=O)c3c(=N)c(=CO)cc(Nc4ccc(C5CCCCC5)cc4)c=3c(=O)c1=2. The highest BCUT2D eigenvalue weighted by atomic mass is 16.2. The zero-order valence-corrected chi connectivity index (χ0v) is 26.9. The molecule has 8 nitrogen and oxygen atoms in total. The van der Waals surface area contributed by atoms with Gasteiger partial charge in [-0.1, -0.05) is 62.8 Å². The van der Waals surface area contributed by atoms with Crippen molar-refractivity contribution in [3.63, 3.8) is 0 Å². The molecule has 0 heterocycles. The lowest BCUT2D eigenvalue weighted by atomic mass is 9.84. The number of hydrogen-bond donors (Lipinski definition) is 6. The first-order valence-corrected chi connectivity index (χ1v) is 17.0. The maximum Gasteiger partial charge on any atom is 0.198 e. The minimum Gasteiger partial charge on any atom is -0.515 e. The van der Waals surface area contributed by atoms with Crippen LogP contribution >= 0.6 is 0 Å². The summed E-state index contributed by atoms with van der Waals surface area (Å²) < 4.78 is 0. The first-order chi connectivity index (χ1) is 23.4. The van der Waals surface area contributed by atoms with Crippen LogP contribution in [-0.2, 0) is 0 Å². The summed E-state index contributed by atoms with van der Waals surface area (Å²) in [5.74, 6) is 1.06. The summed E-state index contributed by atoms with van der Waals surface area (Å²) in [6, 6.07) is 19.0. The Bertz CT molecular complexity index is 2280. The van der Waals surface area contributed by atoms with E-state index in [0.29, 0.717) is 23.2 Å². The highest BCUT2D eigenvalue weighted by Crippen LogP contribution is 2.34. The summed E-state index contributed by atoms with van der Waals surface area (Å²) in [4.78, 5) is 28.8. The summed E-state index contributed by atoms with van der Waals surface area (Å²) in [5, 5.41) is 43.6. The van der Waals surface area contributed by atoms with Crippen LogP contribution in [0.4, 0.5) is 22.7 Å². The van der Waals surface area contributed by atoms with E-state index < -0.39 is 10.9 Å². The fourth-order valence-corrected chi connectivity index (χ4v) is 7.84. The molecule has 0 unspecified atom stereocenters. The van der Waals surface area contributed by atoms with Crippen LogP contribution < -0.4 is 42.6 Å². The van der Waals surface area contributed by atoms with E-state index >= 15 is 0 Å². The largest absolute Gasteiger partial charge is 0.515 e. The molecule has 2 saturated carbocycles. The molecule has 0 amide bonds. The zero-order chi connectivity index (χ0) is 33.4. The zero-order valence-electron chi connectivity index (χ0n) is 26.9. The standard InChI is InChI=1S/C40H40N4O4/c41-37-27(21-45)19-31(43-29-15-11-25(12-16-29)23-7-3-1-4-8-23)33-35(37)40(48)34-32(20-28(22-46)38(42)36(34)39(33)47)44-30-17-13-26(14-18-30)24-9-5-2-6-10-24/h11-24,41-46H,1-10H2. The van der Waals surface area contributed by atoms with Gasteiger partial charge in [0.2, 0.25) is 0 Å². The second kappa shape index (κ2) is 13.1. The number of rotatable bonds is 6. The molecule has 5 aliphatic rings. The Hall–Kier alpha value is -5.24.